The van der Waals surface area contributed by atoms with Crippen LogP contribution in [0.3, 0.4) is 0 Å². The lowest BCUT2D eigenvalue weighted by Crippen LogP contribution is -2.13. The highest BCUT2D eigenvalue weighted by Gasteiger charge is 2.23. The summed E-state index contributed by atoms with van der Waals surface area (Å²) in [6, 6.07) is 91.1. The first kappa shape index (κ1) is 44.9. The van der Waals surface area contributed by atoms with Gasteiger partial charge in [0.25, 0.3) is 11.1 Å². The van der Waals surface area contributed by atoms with Crippen molar-refractivity contribution in [1.29, 1.82) is 0 Å². The maximum Gasteiger partial charge on any atom is 0.264 e. The fourth-order valence-electron chi connectivity index (χ4n) is 11.9. The van der Waals surface area contributed by atoms with Crippen LogP contribution in [-0.4, -0.2) is 18.8 Å². The first-order valence-corrected chi connectivity index (χ1v) is 26.2. The third-order valence-electron chi connectivity index (χ3n) is 15.5. The first-order valence-electron chi connectivity index (χ1n) is 26.2. The Morgan fingerprint density at radius 1 is 0.244 bits per heavy atom. The normalized spacial score (nSPS) is 11.7. The van der Waals surface area contributed by atoms with Gasteiger partial charge in [0, 0.05) is 43.4 Å². The Labute approximate surface area is 447 Å². The monoisotopic (exact) mass is 996 g/mol. The van der Waals surface area contributed by atoms with Gasteiger partial charge in [-0.3, -0.25) is 18.4 Å². The number of pyridine rings is 2. The summed E-state index contributed by atoms with van der Waals surface area (Å²) in [7, 11) is 0. The van der Waals surface area contributed by atoms with E-state index in [1.807, 2.05) is 136 Å². The molecular formula is C72H44N4O2. The quantitative estimate of drug-likeness (QED) is 0.166. The van der Waals surface area contributed by atoms with Crippen LogP contribution in [0.5, 0.6) is 0 Å². The number of hydrogen-bond acceptors (Lipinski definition) is 4. The molecule has 0 aliphatic carbocycles. The molecule has 0 unspecified atom stereocenters. The number of benzene rings is 12. The Balaban J connectivity index is 0.000000136. The van der Waals surface area contributed by atoms with Crippen LogP contribution < -0.4 is 11.1 Å². The van der Waals surface area contributed by atoms with E-state index in [9.17, 15) is 9.59 Å². The lowest BCUT2D eigenvalue weighted by Gasteiger charge is -2.12. The van der Waals surface area contributed by atoms with Crippen molar-refractivity contribution in [1.82, 2.24) is 18.8 Å². The molecule has 16 rings (SSSR count). The molecule has 78 heavy (non-hydrogen) atoms. The molecule has 4 heterocycles. The Morgan fingerprint density at radius 2 is 0.551 bits per heavy atom. The van der Waals surface area contributed by atoms with E-state index < -0.39 is 0 Å². The smallest absolute Gasteiger partial charge is 0.264 e. The molecule has 0 fully saturated rings. The van der Waals surface area contributed by atoms with Crippen LogP contribution in [0.1, 0.15) is 0 Å². The van der Waals surface area contributed by atoms with Crippen LogP contribution in [-0.2, 0) is 0 Å². The average molecular weight is 997 g/mol. The van der Waals surface area contributed by atoms with Gasteiger partial charge in [0.05, 0.1) is 22.1 Å². The van der Waals surface area contributed by atoms with Crippen molar-refractivity contribution in [3.63, 3.8) is 0 Å². The fourth-order valence-corrected chi connectivity index (χ4v) is 11.9. The second-order valence-corrected chi connectivity index (χ2v) is 19.9. The van der Waals surface area contributed by atoms with Gasteiger partial charge in [-0.1, -0.05) is 224 Å². The Hall–Kier alpha value is -10.6. The van der Waals surface area contributed by atoms with Crippen LogP contribution >= 0.6 is 0 Å². The zero-order valence-corrected chi connectivity index (χ0v) is 42.0. The fraction of sp³-hybridized carbons (Fsp3) is 0. The molecule has 0 saturated carbocycles. The van der Waals surface area contributed by atoms with Gasteiger partial charge in [-0.15, -0.1) is 0 Å². The second-order valence-electron chi connectivity index (χ2n) is 19.9. The molecule has 0 aliphatic rings. The summed E-state index contributed by atoms with van der Waals surface area (Å²) >= 11 is 0. The van der Waals surface area contributed by atoms with Crippen molar-refractivity contribution in [2.24, 2.45) is 0 Å². The zero-order chi connectivity index (χ0) is 51.8. The highest BCUT2D eigenvalue weighted by molar-refractivity contribution is 6.21. The summed E-state index contributed by atoms with van der Waals surface area (Å²) in [5, 5.41) is 7.45. The van der Waals surface area contributed by atoms with Gasteiger partial charge >= 0.3 is 0 Å². The van der Waals surface area contributed by atoms with E-state index in [1.54, 1.807) is 0 Å². The van der Waals surface area contributed by atoms with Gasteiger partial charge in [0.1, 0.15) is 11.3 Å². The maximum absolute atomic E-state index is 14.2. The predicted octanol–water partition coefficient (Wildman–Crippen LogP) is 17.2. The largest absolute Gasteiger partial charge is 0.268 e. The zero-order valence-electron chi connectivity index (χ0n) is 42.0. The molecule has 0 aliphatic heterocycles. The van der Waals surface area contributed by atoms with E-state index in [2.05, 4.69) is 140 Å². The molecule has 0 N–H and O–H groups in total. The van der Waals surface area contributed by atoms with E-state index in [4.69, 9.17) is 9.97 Å². The van der Waals surface area contributed by atoms with E-state index in [0.717, 1.165) is 121 Å². The van der Waals surface area contributed by atoms with E-state index in [-0.39, 0.29) is 11.1 Å². The molecule has 12 aromatic carbocycles. The maximum atomic E-state index is 14.2. The van der Waals surface area contributed by atoms with E-state index >= 15 is 0 Å². The Morgan fingerprint density at radius 3 is 0.949 bits per heavy atom. The molecule has 4 aromatic heterocycles. The van der Waals surface area contributed by atoms with Gasteiger partial charge in [0.15, 0.2) is 0 Å². The minimum Gasteiger partial charge on any atom is -0.268 e. The average Bonchev–Trinajstić information content (AvgIpc) is 4.32. The predicted molar refractivity (Wildman–Crippen MR) is 323 cm³/mol. The van der Waals surface area contributed by atoms with Crippen LogP contribution in [0.2, 0.25) is 0 Å². The molecule has 0 bridgehead atoms. The third kappa shape index (κ3) is 7.11. The molecule has 16 aromatic rings. The molecule has 0 spiro atoms. The second kappa shape index (κ2) is 18.1. The van der Waals surface area contributed by atoms with Gasteiger partial charge in [-0.2, -0.15) is 0 Å². The van der Waals surface area contributed by atoms with Crippen molar-refractivity contribution in [3.8, 4) is 66.8 Å². The number of imidazole rings is 2. The number of rotatable bonds is 6. The Bertz CT molecular complexity index is 4810. The minimum atomic E-state index is -0.0416. The van der Waals surface area contributed by atoms with Gasteiger partial charge in [-0.05, 0) is 109 Å². The lowest BCUT2D eigenvalue weighted by atomic mass is 9.94. The molecular weight excluding hydrogens is 953 g/mol. The van der Waals surface area contributed by atoms with Crippen molar-refractivity contribution < 1.29 is 0 Å². The van der Waals surface area contributed by atoms with Crippen molar-refractivity contribution in [2.75, 3.05) is 0 Å². The highest BCUT2D eigenvalue weighted by atomic mass is 16.1. The Kier molecular flexibility index (Phi) is 10.4. The number of aromatic nitrogens is 4. The molecule has 0 amide bonds. The van der Waals surface area contributed by atoms with Crippen LogP contribution in [0.25, 0.3) is 143 Å². The highest BCUT2D eigenvalue weighted by Crippen LogP contribution is 2.41. The van der Waals surface area contributed by atoms with Crippen LogP contribution in [0.4, 0.5) is 0 Å². The number of nitrogens with zero attached hydrogens (tertiary/aromatic N) is 4. The van der Waals surface area contributed by atoms with E-state index in [0.29, 0.717) is 22.1 Å². The lowest BCUT2D eigenvalue weighted by molar-refractivity contribution is 1.19. The molecule has 364 valence electrons. The molecule has 0 atom stereocenters. The summed E-state index contributed by atoms with van der Waals surface area (Å²) < 4.78 is 3.63. The van der Waals surface area contributed by atoms with Crippen LogP contribution in [0, 0.1) is 0 Å². The van der Waals surface area contributed by atoms with E-state index in [1.165, 1.54) is 0 Å². The summed E-state index contributed by atoms with van der Waals surface area (Å²) in [5.41, 5.74) is 17.6. The summed E-state index contributed by atoms with van der Waals surface area (Å²) in [6.45, 7) is 0. The van der Waals surface area contributed by atoms with Crippen molar-refractivity contribution in [3.05, 3.63) is 288 Å². The summed E-state index contributed by atoms with van der Waals surface area (Å²) in [6.07, 6.45) is 0. The molecule has 6 heteroatoms. The van der Waals surface area contributed by atoms with Gasteiger partial charge < -0.3 is 0 Å². The van der Waals surface area contributed by atoms with Crippen LogP contribution in [0.15, 0.2) is 277 Å². The van der Waals surface area contributed by atoms with Gasteiger partial charge in [-0.25, -0.2) is 9.97 Å². The SMILES string of the molecule is O=c1c2ccc(-c3ccccc3)c3cccc(c32)c2nc3c(-c4ccccc4)cc(-c4ccccc4)cc3n12.O=c1c2cccc3c(-c4ccccc4)ccc(c32)c2nc3c(-c4ccccc4)cc(-c4ccccc4)cc3n12. The first-order chi connectivity index (χ1) is 38.6. The molecule has 0 radical (unpaired) electrons. The standard InChI is InChI=1S/2C36H22N2O/c39-36-30-18-10-17-28-27(24-13-6-2-7-14-24)19-20-29(33(28)30)35-37-34-31(25-15-8-3-9-16-25)21-26(22-32(34)38(35)36)23-11-4-1-5-12-23;39-36-30-20-19-27(24-13-6-2-7-14-24)28-17-10-18-29(33(28)30)35-37-34-31(25-15-8-3-9-16-25)21-26(22-32(34)38(35)36)23-11-4-1-5-12-23/h2*1-22H. The number of fused-ring (bicyclic) bond motifs is 8. The summed E-state index contributed by atoms with van der Waals surface area (Å²) in [4.78, 5) is 38.8. The molecule has 6 nitrogen and oxygen atoms in total. The topological polar surface area (TPSA) is 68.7 Å². The summed E-state index contributed by atoms with van der Waals surface area (Å²) in [5.74, 6) is 0. The van der Waals surface area contributed by atoms with Gasteiger partial charge in [0.2, 0.25) is 0 Å². The number of hydrogen-bond donors (Lipinski definition) is 0. The third-order valence-corrected chi connectivity index (χ3v) is 15.5. The minimum absolute atomic E-state index is 0.0416. The van der Waals surface area contributed by atoms with Crippen molar-refractivity contribution >= 4 is 76.5 Å². The molecule has 0 saturated heterocycles. The van der Waals surface area contributed by atoms with Crippen molar-refractivity contribution in [2.45, 2.75) is 0 Å².